The van der Waals surface area contributed by atoms with E-state index in [2.05, 4.69) is 22.3 Å². The van der Waals surface area contributed by atoms with Crippen LogP contribution >= 0.6 is 0 Å². The van der Waals surface area contributed by atoms with Gasteiger partial charge in [-0.15, -0.1) is 0 Å². The maximum atomic E-state index is 13.5. The maximum absolute atomic E-state index is 13.5. The quantitative estimate of drug-likeness (QED) is 0.863. The minimum Gasteiger partial charge on any atom is -0.334 e. The third-order valence-corrected chi connectivity index (χ3v) is 6.64. The molecule has 146 valence electrons. The van der Waals surface area contributed by atoms with Crippen LogP contribution in [0.4, 0.5) is 9.18 Å². The molecule has 3 atom stereocenters. The molecule has 28 heavy (non-hydrogen) atoms. The highest BCUT2D eigenvalue weighted by atomic mass is 19.1. The number of hydrogen-bond acceptors (Lipinski definition) is 2. The van der Waals surface area contributed by atoms with Gasteiger partial charge in [0, 0.05) is 25.2 Å². The first-order valence-corrected chi connectivity index (χ1v) is 10.3. The number of carbonyl (C=O) groups excluding carboxylic acids is 1. The van der Waals surface area contributed by atoms with Gasteiger partial charge in [0.2, 0.25) is 0 Å². The van der Waals surface area contributed by atoms with Gasteiger partial charge in [-0.25, -0.2) is 9.18 Å². The molecule has 3 aliphatic rings. The van der Waals surface area contributed by atoms with Crippen LogP contribution in [0.5, 0.6) is 0 Å². The van der Waals surface area contributed by atoms with Gasteiger partial charge in [-0.05, 0) is 61.1 Å². The topological polar surface area (TPSA) is 35.6 Å². The number of nitrogens with zero attached hydrogens (tertiary/aromatic N) is 2. The van der Waals surface area contributed by atoms with Crippen LogP contribution in [0.15, 0.2) is 48.5 Å². The summed E-state index contributed by atoms with van der Waals surface area (Å²) < 4.78 is 13.5. The van der Waals surface area contributed by atoms with Gasteiger partial charge in [0.1, 0.15) is 5.82 Å². The molecule has 3 aliphatic heterocycles. The number of amides is 2. The summed E-state index contributed by atoms with van der Waals surface area (Å²) in [5.41, 5.74) is 3.37. The number of carbonyl (C=O) groups is 1. The Morgan fingerprint density at radius 3 is 2.68 bits per heavy atom. The fraction of sp³-hybridized carbons (Fsp3) is 0.435. The van der Waals surface area contributed by atoms with Crippen LogP contribution in [0.2, 0.25) is 0 Å². The standard InChI is InChI=1S/C23H26FN3O/c24-18-9-7-17(8-10-18)22-19-5-2-1-4-16(19)11-15-27(22)23(28)25-20-12-14-26-13-3-6-21(20)26/h1-2,4-5,7-10,20-22H,3,6,11-15H2,(H,25,28)/t20?,21-,22+/m1/s1. The molecule has 4 nitrogen and oxygen atoms in total. The summed E-state index contributed by atoms with van der Waals surface area (Å²) in [5.74, 6) is -0.254. The molecule has 5 heteroatoms. The third-order valence-electron chi connectivity index (χ3n) is 6.64. The summed E-state index contributed by atoms with van der Waals surface area (Å²) in [4.78, 5) is 17.8. The van der Waals surface area contributed by atoms with Crippen molar-refractivity contribution in [1.29, 1.82) is 0 Å². The van der Waals surface area contributed by atoms with E-state index < -0.39 is 0 Å². The Morgan fingerprint density at radius 2 is 1.82 bits per heavy atom. The lowest BCUT2D eigenvalue weighted by atomic mass is 9.88. The largest absolute Gasteiger partial charge is 0.334 e. The fourth-order valence-corrected chi connectivity index (χ4v) is 5.28. The van der Waals surface area contributed by atoms with E-state index in [1.54, 1.807) is 12.1 Å². The van der Waals surface area contributed by atoms with Gasteiger partial charge in [0.05, 0.1) is 6.04 Å². The molecule has 0 bridgehead atoms. The van der Waals surface area contributed by atoms with Crippen LogP contribution < -0.4 is 5.32 Å². The van der Waals surface area contributed by atoms with Crippen LogP contribution in [-0.2, 0) is 6.42 Å². The number of benzene rings is 2. The SMILES string of the molecule is O=C(NC1CCN2CCC[C@H]12)N1CCc2ccccc2[C@@H]1c1ccc(F)cc1. The predicted octanol–water partition coefficient (Wildman–Crippen LogP) is 3.72. The van der Waals surface area contributed by atoms with Gasteiger partial charge in [-0.2, -0.15) is 0 Å². The molecular formula is C23H26FN3O. The van der Waals surface area contributed by atoms with E-state index >= 15 is 0 Å². The Hall–Kier alpha value is -2.40. The van der Waals surface area contributed by atoms with Crippen molar-refractivity contribution in [2.45, 2.75) is 43.8 Å². The van der Waals surface area contributed by atoms with E-state index in [0.717, 1.165) is 37.1 Å². The lowest BCUT2D eigenvalue weighted by molar-refractivity contribution is 0.173. The molecule has 0 aliphatic carbocycles. The number of urea groups is 1. The van der Waals surface area contributed by atoms with E-state index in [-0.39, 0.29) is 23.9 Å². The van der Waals surface area contributed by atoms with E-state index in [0.29, 0.717) is 12.6 Å². The van der Waals surface area contributed by atoms with E-state index in [9.17, 15) is 9.18 Å². The number of rotatable bonds is 2. The highest BCUT2D eigenvalue weighted by Crippen LogP contribution is 2.36. The summed E-state index contributed by atoms with van der Waals surface area (Å²) in [5, 5.41) is 3.33. The van der Waals surface area contributed by atoms with Gasteiger partial charge in [0.25, 0.3) is 0 Å². The van der Waals surface area contributed by atoms with E-state index in [1.165, 1.54) is 30.5 Å². The molecular weight excluding hydrogens is 353 g/mol. The Morgan fingerprint density at radius 1 is 1.00 bits per heavy atom. The Labute approximate surface area is 165 Å². The monoisotopic (exact) mass is 379 g/mol. The van der Waals surface area contributed by atoms with Gasteiger partial charge in [-0.1, -0.05) is 36.4 Å². The number of fused-ring (bicyclic) bond motifs is 2. The molecule has 2 aromatic rings. The number of halogens is 1. The average Bonchev–Trinajstić information content (AvgIpc) is 3.33. The van der Waals surface area contributed by atoms with Gasteiger partial charge >= 0.3 is 6.03 Å². The second kappa shape index (κ2) is 7.21. The summed E-state index contributed by atoms with van der Waals surface area (Å²) in [7, 11) is 0. The highest BCUT2D eigenvalue weighted by Gasteiger charge is 2.40. The molecule has 1 unspecified atom stereocenters. The Bertz CT molecular complexity index is 868. The molecule has 3 heterocycles. The van der Waals surface area contributed by atoms with E-state index in [4.69, 9.17) is 0 Å². The summed E-state index contributed by atoms with van der Waals surface area (Å²) in [6.45, 7) is 2.91. The lowest BCUT2D eigenvalue weighted by Gasteiger charge is -2.38. The van der Waals surface area contributed by atoms with Crippen molar-refractivity contribution in [3.05, 3.63) is 71.0 Å². The Kier molecular flexibility index (Phi) is 4.55. The van der Waals surface area contributed by atoms with Crippen molar-refractivity contribution in [2.24, 2.45) is 0 Å². The molecule has 2 amide bonds. The molecule has 0 saturated carbocycles. The van der Waals surface area contributed by atoms with Crippen LogP contribution in [0.3, 0.4) is 0 Å². The fourth-order valence-electron chi connectivity index (χ4n) is 5.28. The summed E-state index contributed by atoms with van der Waals surface area (Å²) in [6.07, 6.45) is 4.28. The van der Waals surface area contributed by atoms with Crippen molar-refractivity contribution >= 4 is 6.03 Å². The van der Waals surface area contributed by atoms with Crippen molar-refractivity contribution < 1.29 is 9.18 Å². The number of hydrogen-bond donors (Lipinski definition) is 1. The molecule has 2 fully saturated rings. The predicted molar refractivity (Wildman–Crippen MR) is 107 cm³/mol. The smallest absolute Gasteiger partial charge is 0.318 e. The van der Waals surface area contributed by atoms with Crippen molar-refractivity contribution in [3.63, 3.8) is 0 Å². The lowest BCUT2D eigenvalue weighted by Crippen LogP contribution is -2.51. The van der Waals surface area contributed by atoms with Gasteiger partial charge in [-0.3, -0.25) is 4.90 Å². The minimum absolute atomic E-state index is 0.00239. The van der Waals surface area contributed by atoms with Crippen LogP contribution in [0.25, 0.3) is 0 Å². The van der Waals surface area contributed by atoms with Crippen LogP contribution in [-0.4, -0.2) is 47.5 Å². The normalized spacial score (nSPS) is 26.8. The van der Waals surface area contributed by atoms with Crippen molar-refractivity contribution in [2.75, 3.05) is 19.6 Å². The molecule has 2 aromatic carbocycles. The first-order valence-electron chi connectivity index (χ1n) is 10.3. The number of nitrogens with one attached hydrogen (secondary N) is 1. The molecule has 2 saturated heterocycles. The van der Waals surface area contributed by atoms with Crippen molar-refractivity contribution in [3.8, 4) is 0 Å². The average molecular weight is 379 g/mol. The summed E-state index contributed by atoms with van der Waals surface area (Å²) >= 11 is 0. The van der Waals surface area contributed by atoms with Gasteiger partial charge in [0.15, 0.2) is 0 Å². The van der Waals surface area contributed by atoms with Crippen LogP contribution in [0.1, 0.15) is 42.0 Å². The Balaban J connectivity index is 1.43. The highest BCUT2D eigenvalue weighted by molar-refractivity contribution is 5.76. The molecule has 1 N–H and O–H groups in total. The molecule has 0 spiro atoms. The molecule has 5 rings (SSSR count). The maximum Gasteiger partial charge on any atom is 0.318 e. The zero-order chi connectivity index (χ0) is 19.1. The van der Waals surface area contributed by atoms with Crippen LogP contribution in [0, 0.1) is 5.82 Å². The molecule has 0 radical (unpaired) electrons. The zero-order valence-electron chi connectivity index (χ0n) is 16.0. The second-order valence-corrected chi connectivity index (χ2v) is 8.19. The van der Waals surface area contributed by atoms with E-state index in [1.807, 2.05) is 17.0 Å². The first kappa shape index (κ1) is 17.7. The minimum atomic E-state index is -0.254. The first-order chi connectivity index (χ1) is 13.7. The van der Waals surface area contributed by atoms with Crippen molar-refractivity contribution in [1.82, 2.24) is 15.1 Å². The zero-order valence-corrected chi connectivity index (χ0v) is 16.0. The summed E-state index contributed by atoms with van der Waals surface area (Å²) in [6, 6.07) is 15.4. The second-order valence-electron chi connectivity index (χ2n) is 8.19. The van der Waals surface area contributed by atoms with Gasteiger partial charge < -0.3 is 10.2 Å². The molecule has 0 aromatic heterocycles. The third kappa shape index (κ3) is 3.08.